The molecule has 0 aromatic heterocycles. The van der Waals surface area contributed by atoms with E-state index in [0.29, 0.717) is 24.4 Å². The predicted molar refractivity (Wildman–Crippen MR) is 98.5 cm³/mol. The smallest absolute Gasteiger partial charge is 0.322 e. The van der Waals surface area contributed by atoms with Gasteiger partial charge in [-0.05, 0) is 35.9 Å². The maximum Gasteiger partial charge on any atom is 0.322 e. The van der Waals surface area contributed by atoms with Crippen molar-refractivity contribution in [1.29, 1.82) is 0 Å². The Kier molecular flexibility index (Phi) is 6.17. The Morgan fingerprint density at radius 2 is 2.04 bits per heavy atom. The molecule has 0 saturated carbocycles. The number of carbonyl (C=O) groups is 2. The van der Waals surface area contributed by atoms with E-state index in [1.54, 1.807) is 6.07 Å². The van der Waals surface area contributed by atoms with Gasteiger partial charge in [-0.2, -0.15) is 0 Å². The molecule has 3 amide bonds. The average molecular weight is 390 g/mol. The van der Waals surface area contributed by atoms with Gasteiger partial charge in [-0.1, -0.05) is 12.1 Å². The van der Waals surface area contributed by atoms with Gasteiger partial charge in [-0.15, -0.1) is 0 Å². The van der Waals surface area contributed by atoms with Crippen LogP contribution in [-0.2, 0) is 11.2 Å². The van der Waals surface area contributed by atoms with Gasteiger partial charge in [0.25, 0.3) is 5.91 Å². The number of hydrogen-bond acceptors (Lipinski definition) is 4. The molecule has 2 aromatic rings. The maximum atomic E-state index is 14.3. The zero-order valence-corrected chi connectivity index (χ0v) is 15.0. The summed E-state index contributed by atoms with van der Waals surface area (Å²) < 4.78 is 33.2. The number of benzene rings is 2. The molecule has 1 atom stereocenters. The van der Waals surface area contributed by atoms with Crippen molar-refractivity contribution in [2.45, 2.75) is 12.5 Å². The van der Waals surface area contributed by atoms with E-state index in [-0.39, 0.29) is 24.6 Å². The van der Waals surface area contributed by atoms with Crippen molar-refractivity contribution in [3.8, 4) is 0 Å². The molecule has 1 fully saturated rings. The number of nitrogens with one attached hydrogen (secondary N) is 2. The van der Waals surface area contributed by atoms with Gasteiger partial charge in [0.2, 0.25) is 0 Å². The third kappa shape index (κ3) is 4.81. The number of hydrazine groups is 1. The fraction of sp³-hybridized carbons (Fsp3) is 0.263. The van der Waals surface area contributed by atoms with E-state index < -0.39 is 23.6 Å². The minimum absolute atomic E-state index is 0.115. The summed E-state index contributed by atoms with van der Waals surface area (Å²) in [4.78, 5) is 25.4. The molecule has 2 aromatic carbocycles. The number of carbonyl (C=O) groups excluding carboxylic acids is 2. The van der Waals surface area contributed by atoms with Crippen LogP contribution in [0.2, 0.25) is 0 Å². The van der Waals surface area contributed by atoms with Gasteiger partial charge >= 0.3 is 6.03 Å². The number of amides is 3. The molecular formula is C19H20F2N4O3. The van der Waals surface area contributed by atoms with E-state index in [2.05, 4.69) is 5.32 Å². The number of rotatable bonds is 4. The van der Waals surface area contributed by atoms with Crippen LogP contribution in [0.4, 0.5) is 19.3 Å². The number of hydrogen-bond donors (Lipinski definition) is 3. The lowest BCUT2D eigenvalue weighted by molar-refractivity contribution is -0.0117. The van der Waals surface area contributed by atoms with Crippen LogP contribution in [0, 0.1) is 11.6 Å². The Hall–Kier alpha value is -3.04. The molecule has 0 spiro atoms. The van der Waals surface area contributed by atoms with Crippen LogP contribution in [0.25, 0.3) is 0 Å². The fourth-order valence-corrected chi connectivity index (χ4v) is 2.98. The van der Waals surface area contributed by atoms with Gasteiger partial charge in [-0.3, -0.25) is 10.2 Å². The van der Waals surface area contributed by atoms with Crippen molar-refractivity contribution in [3.63, 3.8) is 0 Å². The first-order valence-electron chi connectivity index (χ1n) is 8.68. The number of morpholine rings is 1. The van der Waals surface area contributed by atoms with Gasteiger partial charge in [-0.25, -0.2) is 19.4 Å². The zero-order valence-electron chi connectivity index (χ0n) is 15.0. The predicted octanol–water partition coefficient (Wildman–Crippen LogP) is 2.04. The van der Waals surface area contributed by atoms with Gasteiger partial charge in [0.05, 0.1) is 12.7 Å². The fourth-order valence-electron chi connectivity index (χ4n) is 2.98. The quantitative estimate of drug-likeness (QED) is 0.423. The van der Waals surface area contributed by atoms with Crippen molar-refractivity contribution in [3.05, 3.63) is 65.2 Å². The topological polar surface area (TPSA) is 96.7 Å². The summed E-state index contributed by atoms with van der Waals surface area (Å²) in [5.74, 6) is 3.46. The van der Waals surface area contributed by atoms with Crippen LogP contribution in [0.15, 0.2) is 42.5 Å². The number of ether oxygens (including phenoxy) is 1. The van der Waals surface area contributed by atoms with E-state index in [9.17, 15) is 18.4 Å². The van der Waals surface area contributed by atoms with Crippen molar-refractivity contribution >= 4 is 17.6 Å². The highest BCUT2D eigenvalue weighted by molar-refractivity contribution is 5.93. The molecule has 1 aliphatic heterocycles. The number of nitrogens with zero attached hydrogens (tertiary/aromatic N) is 1. The van der Waals surface area contributed by atoms with Crippen LogP contribution in [0.3, 0.4) is 0 Å². The summed E-state index contributed by atoms with van der Waals surface area (Å²) in [6, 6.07) is 9.30. The third-order valence-corrected chi connectivity index (χ3v) is 4.40. The van der Waals surface area contributed by atoms with Crippen molar-refractivity contribution < 1.29 is 23.1 Å². The molecule has 1 aliphatic rings. The molecular weight excluding hydrogens is 370 g/mol. The van der Waals surface area contributed by atoms with Crippen LogP contribution >= 0.6 is 0 Å². The second kappa shape index (κ2) is 8.77. The minimum atomic E-state index is -0.584. The van der Waals surface area contributed by atoms with Gasteiger partial charge in [0.1, 0.15) is 11.6 Å². The summed E-state index contributed by atoms with van der Waals surface area (Å²) in [5.41, 5.74) is 2.78. The molecule has 1 unspecified atom stereocenters. The molecule has 0 bridgehead atoms. The van der Waals surface area contributed by atoms with E-state index in [0.717, 1.165) is 6.07 Å². The SMILES string of the molecule is NNC(=O)c1ccc(CC2CN(C(=O)Nc3cccc(F)c3)CCO2)c(F)c1. The van der Waals surface area contributed by atoms with Crippen molar-refractivity contribution in [1.82, 2.24) is 10.3 Å². The second-order valence-electron chi connectivity index (χ2n) is 6.36. The Bertz CT molecular complexity index is 878. The zero-order chi connectivity index (χ0) is 20.1. The summed E-state index contributed by atoms with van der Waals surface area (Å²) >= 11 is 0. The highest BCUT2D eigenvalue weighted by Gasteiger charge is 2.25. The summed E-state index contributed by atoms with van der Waals surface area (Å²) in [6.07, 6.45) is -0.171. The molecule has 1 heterocycles. The molecule has 0 aliphatic carbocycles. The lowest BCUT2D eigenvalue weighted by Crippen LogP contribution is -2.48. The van der Waals surface area contributed by atoms with Crippen LogP contribution in [0.5, 0.6) is 0 Å². The first kappa shape index (κ1) is 19.7. The number of nitrogen functional groups attached to an aromatic ring is 1. The normalized spacial score (nSPS) is 16.5. The first-order valence-corrected chi connectivity index (χ1v) is 8.68. The highest BCUT2D eigenvalue weighted by Crippen LogP contribution is 2.17. The average Bonchev–Trinajstić information content (AvgIpc) is 2.69. The van der Waals surface area contributed by atoms with Crippen LogP contribution < -0.4 is 16.6 Å². The summed E-state index contributed by atoms with van der Waals surface area (Å²) in [5, 5.41) is 2.64. The number of urea groups is 1. The molecule has 148 valence electrons. The lowest BCUT2D eigenvalue weighted by atomic mass is 10.0. The molecule has 28 heavy (non-hydrogen) atoms. The maximum absolute atomic E-state index is 14.3. The van der Waals surface area contributed by atoms with Crippen molar-refractivity contribution in [2.24, 2.45) is 5.84 Å². The number of anilines is 1. The largest absolute Gasteiger partial charge is 0.374 e. The van der Waals surface area contributed by atoms with E-state index >= 15 is 0 Å². The van der Waals surface area contributed by atoms with E-state index in [1.807, 2.05) is 5.43 Å². The number of halogens is 2. The Morgan fingerprint density at radius 3 is 2.75 bits per heavy atom. The minimum Gasteiger partial charge on any atom is -0.374 e. The van der Waals surface area contributed by atoms with E-state index in [4.69, 9.17) is 10.6 Å². The molecule has 1 saturated heterocycles. The monoisotopic (exact) mass is 390 g/mol. The lowest BCUT2D eigenvalue weighted by Gasteiger charge is -2.33. The first-order chi connectivity index (χ1) is 13.5. The van der Waals surface area contributed by atoms with E-state index in [1.165, 1.54) is 35.2 Å². The number of nitrogens with two attached hydrogens (primary N) is 1. The molecule has 3 rings (SSSR count). The Labute approximate surface area is 160 Å². The van der Waals surface area contributed by atoms with Gasteiger partial charge < -0.3 is 15.0 Å². The molecule has 0 radical (unpaired) electrons. The highest BCUT2D eigenvalue weighted by atomic mass is 19.1. The van der Waals surface area contributed by atoms with Crippen LogP contribution in [0.1, 0.15) is 15.9 Å². The van der Waals surface area contributed by atoms with Gasteiger partial charge in [0, 0.05) is 30.8 Å². The summed E-state index contributed by atoms with van der Waals surface area (Å²) in [7, 11) is 0. The Balaban J connectivity index is 1.62. The van der Waals surface area contributed by atoms with Gasteiger partial charge in [0.15, 0.2) is 0 Å². The molecule has 7 nitrogen and oxygen atoms in total. The van der Waals surface area contributed by atoms with Crippen molar-refractivity contribution in [2.75, 3.05) is 25.0 Å². The molecule has 4 N–H and O–H groups in total. The summed E-state index contributed by atoms with van der Waals surface area (Å²) in [6.45, 7) is 0.928. The molecule has 9 heteroatoms. The van der Waals surface area contributed by atoms with Crippen LogP contribution in [-0.4, -0.2) is 42.6 Å². The third-order valence-electron chi connectivity index (χ3n) is 4.40. The standard InChI is InChI=1S/C19H20F2N4O3/c20-14-2-1-3-15(10-14)23-19(27)25-6-7-28-16(11-25)8-12-4-5-13(9-17(12)21)18(26)24-22/h1-5,9-10,16H,6-8,11,22H2,(H,23,27)(H,24,26). The Morgan fingerprint density at radius 1 is 1.21 bits per heavy atom. The second-order valence-corrected chi connectivity index (χ2v) is 6.36.